The third-order valence-electron chi connectivity index (χ3n) is 8.49. The Labute approximate surface area is 279 Å². The molecule has 48 heavy (non-hydrogen) atoms. The van der Waals surface area contributed by atoms with Gasteiger partial charge in [-0.05, 0) is 30.3 Å². The van der Waals surface area contributed by atoms with Gasteiger partial charge in [0.2, 0.25) is 11.4 Å². The van der Waals surface area contributed by atoms with Crippen molar-refractivity contribution in [3.05, 3.63) is 75.2 Å². The SMILES string of the molecule is COC(=O)C[C@@H](C1=C(O)[C@@]2(Oc3c(Cl)c(OC)cc(OC)c3C2=O)[C@H](C)CC1=O)c1ccc(-c2cc(C(=O)OC)cc(C(=O)OC)c2)o1. The number of Topliss-reactive ketones (excluding diaryl/α,β-unsaturated/α-hetero) is 2. The Hall–Kier alpha value is -5.30. The van der Waals surface area contributed by atoms with Gasteiger partial charge < -0.3 is 37.9 Å². The second-order valence-electron chi connectivity index (χ2n) is 11.1. The van der Waals surface area contributed by atoms with E-state index in [1.807, 2.05) is 0 Å². The molecular formula is C34H31ClO13. The van der Waals surface area contributed by atoms with Gasteiger partial charge in [-0.15, -0.1) is 0 Å². The molecular weight excluding hydrogens is 652 g/mol. The van der Waals surface area contributed by atoms with E-state index >= 15 is 0 Å². The van der Waals surface area contributed by atoms with Crippen LogP contribution in [-0.2, 0) is 23.8 Å². The number of benzene rings is 2. The topological polar surface area (TPSA) is 174 Å². The molecule has 0 bridgehead atoms. The van der Waals surface area contributed by atoms with Crippen LogP contribution in [0.2, 0.25) is 5.02 Å². The van der Waals surface area contributed by atoms with E-state index in [1.54, 1.807) is 6.92 Å². The zero-order valence-corrected chi connectivity index (χ0v) is 27.5. The summed E-state index contributed by atoms with van der Waals surface area (Å²) in [6, 6.07) is 8.49. The molecule has 0 unspecified atom stereocenters. The summed E-state index contributed by atoms with van der Waals surface area (Å²) in [7, 11) is 6.23. The third-order valence-corrected chi connectivity index (χ3v) is 8.85. The summed E-state index contributed by atoms with van der Waals surface area (Å²) >= 11 is 6.54. The maximum atomic E-state index is 14.2. The Bertz CT molecular complexity index is 1850. The number of hydrogen-bond acceptors (Lipinski definition) is 13. The van der Waals surface area contributed by atoms with Gasteiger partial charge in [-0.1, -0.05) is 18.5 Å². The van der Waals surface area contributed by atoms with Crippen molar-refractivity contribution in [1.29, 1.82) is 0 Å². The van der Waals surface area contributed by atoms with E-state index in [0.717, 1.165) is 7.11 Å². The molecule has 1 N–H and O–H groups in total. The van der Waals surface area contributed by atoms with Crippen LogP contribution in [0.4, 0.5) is 0 Å². The molecule has 1 aliphatic carbocycles. The number of halogens is 1. The number of carbonyl (C=O) groups is 5. The Kier molecular flexibility index (Phi) is 9.27. The summed E-state index contributed by atoms with van der Waals surface area (Å²) < 4.78 is 37.6. The number of methoxy groups -OCH3 is 5. The first-order chi connectivity index (χ1) is 22.9. The quantitative estimate of drug-likeness (QED) is 0.228. The van der Waals surface area contributed by atoms with E-state index in [2.05, 4.69) is 0 Å². The number of carbonyl (C=O) groups excluding carboxylic acids is 5. The van der Waals surface area contributed by atoms with Gasteiger partial charge in [0.1, 0.15) is 33.6 Å². The molecule has 252 valence electrons. The van der Waals surface area contributed by atoms with E-state index < -0.39 is 59.1 Å². The molecule has 3 atom stereocenters. The fraction of sp³-hybridized carbons (Fsp3) is 0.324. The van der Waals surface area contributed by atoms with Gasteiger partial charge >= 0.3 is 17.9 Å². The monoisotopic (exact) mass is 682 g/mol. The lowest BCUT2D eigenvalue weighted by Crippen LogP contribution is -2.53. The first-order valence-corrected chi connectivity index (χ1v) is 14.9. The molecule has 14 heteroatoms. The molecule has 0 fully saturated rings. The number of aliphatic hydroxyl groups is 1. The van der Waals surface area contributed by atoms with Crippen LogP contribution in [0, 0.1) is 5.92 Å². The standard InChI is InChI=1S/C34H31ClO13/c1-15-9-20(36)26(30(38)34(15)31(39)27-23(42-2)14-24(43-3)28(35)29(27)48-34)19(13-25(37)44-4)22-8-7-21(47-22)16-10-17(32(40)45-5)12-18(11-16)33(41)46-6/h7-8,10-12,14-15,19,38H,9,13H2,1-6H3/t15-,19-,34+/m1/s1. The average molecular weight is 683 g/mol. The summed E-state index contributed by atoms with van der Waals surface area (Å²) in [5.41, 5.74) is -2.14. The van der Waals surface area contributed by atoms with Crippen molar-refractivity contribution in [3.63, 3.8) is 0 Å². The molecule has 2 heterocycles. The lowest BCUT2D eigenvalue weighted by atomic mass is 9.69. The molecule has 0 saturated carbocycles. The van der Waals surface area contributed by atoms with Gasteiger partial charge in [0.15, 0.2) is 17.3 Å². The maximum Gasteiger partial charge on any atom is 0.337 e. The van der Waals surface area contributed by atoms with Crippen molar-refractivity contribution in [1.82, 2.24) is 0 Å². The predicted octanol–water partition coefficient (Wildman–Crippen LogP) is 5.27. The van der Waals surface area contributed by atoms with Gasteiger partial charge in [-0.3, -0.25) is 14.4 Å². The van der Waals surface area contributed by atoms with Gasteiger partial charge in [0, 0.05) is 29.5 Å². The summed E-state index contributed by atoms with van der Waals surface area (Å²) in [4.78, 5) is 65.4. The Morgan fingerprint density at radius 3 is 2.12 bits per heavy atom. The van der Waals surface area contributed by atoms with E-state index in [4.69, 9.17) is 44.4 Å². The number of allylic oxidation sites excluding steroid dienone is 1. The molecule has 0 saturated heterocycles. The zero-order chi connectivity index (χ0) is 35.1. The number of aliphatic hydroxyl groups excluding tert-OH is 1. The van der Waals surface area contributed by atoms with E-state index in [-0.39, 0.29) is 68.0 Å². The lowest BCUT2D eigenvalue weighted by Gasteiger charge is -2.38. The van der Waals surface area contributed by atoms with Crippen molar-refractivity contribution >= 4 is 41.1 Å². The predicted molar refractivity (Wildman–Crippen MR) is 167 cm³/mol. The highest BCUT2D eigenvalue weighted by Crippen LogP contribution is 2.56. The highest BCUT2D eigenvalue weighted by Gasteiger charge is 2.61. The number of ether oxygens (including phenoxy) is 6. The molecule has 1 aromatic heterocycles. The highest BCUT2D eigenvalue weighted by molar-refractivity contribution is 6.35. The Morgan fingerprint density at radius 1 is 0.938 bits per heavy atom. The second kappa shape index (κ2) is 13.1. The Balaban J connectivity index is 1.67. The van der Waals surface area contributed by atoms with E-state index in [0.29, 0.717) is 0 Å². The molecule has 2 aromatic carbocycles. The normalized spacial score (nSPS) is 19.0. The largest absolute Gasteiger partial charge is 0.507 e. The van der Waals surface area contributed by atoms with Crippen LogP contribution in [0.5, 0.6) is 17.2 Å². The maximum absolute atomic E-state index is 14.2. The minimum absolute atomic E-state index is 0.0262. The zero-order valence-electron chi connectivity index (χ0n) is 26.8. The molecule has 0 radical (unpaired) electrons. The minimum atomic E-state index is -2.11. The summed E-state index contributed by atoms with van der Waals surface area (Å²) in [5.74, 6) is -6.07. The van der Waals surface area contributed by atoms with Crippen molar-refractivity contribution in [2.45, 2.75) is 31.3 Å². The fourth-order valence-electron chi connectivity index (χ4n) is 6.07. The van der Waals surface area contributed by atoms with Crippen LogP contribution in [0.25, 0.3) is 11.3 Å². The van der Waals surface area contributed by atoms with Crippen LogP contribution in [0.15, 0.2) is 52.1 Å². The van der Waals surface area contributed by atoms with Crippen LogP contribution in [0.3, 0.4) is 0 Å². The highest BCUT2D eigenvalue weighted by atomic mass is 35.5. The summed E-state index contributed by atoms with van der Waals surface area (Å²) in [6.07, 6.45) is -0.737. The molecule has 1 spiro atoms. The molecule has 5 rings (SSSR count). The third kappa shape index (κ3) is 5.43. The molecule has 2 aliphatic rings. The molecule has 13 nitrogen and oxygen atoms in total. The number of fused-ring (bicyclic) bond motifs is 1. The van der Waals surface area contributed by atoms with E-state index in [9.17, 15) is 29.1 Å². The van der Waals surface area contributed by atoms with Gasteiger partial charge in [0.05, 0.1) is 59.0 Å². The van der Waals surface area contributed by atoms with Crippen molar-refractivity contribution in [3.8, 4) is 28.6 Å². The number of furan rings is 1. The number of hydrogen-bond donors (Lipinski definition) is 1. The minimum Gasteiger partial charge on any atom is -0.507 e. The first kappa shape index (κ1) is 34.0. The van der Waals surface area contributed by atoms with Crippen LogP contribution in [0.1, 0.15) is 62.5 Å². The van der Waals surface area contributed by atoms with Gasteiger partial charge in [0.25, 0.3) is 0 Å². The molecule has 0 amide bonds. The van der Waals surface area contributed by atoms with Crippen LogP contribution < -0.4 is 14.2 Å². The lowest BCUT2D eigenvalue weighted by molar-refractivity contribution is -0.141. The van der Waals surface area contributed by atoms with Gasteiger partial charge in [-0.2, -0.15) is 0 Å². The Morgan fingerprint density at radius 2 is 1.56 bits per heavy atom. The average Bonchev–Trinajstić information content (AvgIpc) is 3.70. The molecule has 1 aliphatic heterocycles. The number of ketones is 2. The number of rotatable bonds is 9. The summed E-state index contributed by atoms with van der Waals surface area (Å²) in [6.45, 7) is 1.57. The summed E-state index contributed by atoms with van der Waals surface area (Å²) in [5, 5.41) is 11.9. The smallest absolute Gasteiger partial charge is 0.337 e. The van der Waals surface area contributed by atoms with E-state index in [1.165, 1.54) is 64.8 Å². The van der Waals surface area contributed by atoms with Crippen LogP contribution in [-0.4, -0.2) is 75.7 Å². The van der Waals surface area contributed by atoms with Crippen molar-refractivity contribution < 1.29 is 61.9 Å². The van der Waals surface area contributed by atoms with Gasteiger partial charge in [-0.25, -0.2) is 9.59 Å². The second-order valence-corrected chi connectivity index (χ2v) is 11.5. The fourth-order valence-corrected chi connectivity index (χ4v) is 6.33. The van der Waals surface area contributed by atoms with Crippen molar-refractivity contribution in [2.75, 3.05) is 35.5 Å². The van der Waals surface area contributed by atoms with Crippen LogP contribution >= 0.6 is 11.6 Å². The number of esters is 3. The van der Waals surface area contributed by atoms with Crippen molar-refractivity contribution in [2.24, 2.45) is 5.92 Å². The first-order valence-electron chi connectivity index (χ1n) is 14.5. The molecule has 3 aromatic rings.